The van der Waals surface area contributed by atoms with Gasteiger partial charge in [-0.15, -0.1) is 0 Å². The van der Waals surface area contributed by atoms with Crippen LogP contribution in [0.15, 0.2) is 24.3 Å². The van der Waals surface area contributed by atoms with Crippen LogP contribution >= 0.6 is 0 Å². The standard InChI is InChI=1S/C16H24N2O2/c1-20-12-14-7-9-18(10-8-14)16(19)6-5-13-3-2-4-15(17)11-13/h2-4,11,14H,5-10,12,17H2,1H3. The molecule has 1 saturated heterocycles. The lowest BCUT2D eigenvalue weighted by Crippen LogP contribution is -2.39. The number of aryl methyl sites for hydroxylation is 1. The monoisotopic (exact) mass is 276 g/mol. The van der Waals surface area contributed by atoms with Crippen LogP contribution in [0.2, 0.25) is 0 Å². The van der Waals surface area contributed by atoms with Crippen LogP contribution in [0, 0.1) is 5.92 Å². The van der Waals surface area contributed by atoms with Crippen LogP contribution in [0.3, 0.4) is 0 Å². The van der Waals surface area contributed by atoms with Gasteiger partial charge in [0.2, 0.25) is 5.91 Å². The second-order valence-corrected chi connectivity index (χ2v) is 5.52. The first-order valence-electron chi connectivity index (χ1n) is 7.30. The molecule has 0 bridgehead atoms. The largest absolute Gasteiger partial charge is 0.399 e. The fourth-order valence-electron chi connectivity index (χ4n) is 2.74. The quantitative estimate of drug-likeness (QED) is 0.838. The molecule has 1 heterocycles. The van der Waals surface area contributed by atoms with E-state index in [1.807, 2.05) is 29.2 Å². The highest BCUT2D eigenvalue weighted by Crippen LogP contribution is 2.18. The molecule has 4 nitrogen and oxygen atoms in total. The Labute approximate surface area is 120 Å². The van der Waals surface area contributed by atoms with Crippen molar-refractivity contribution < 1.29 is 9.53 Å². The van der Waals surface area contributed by atoms with E-state index >= 15 is 0 Å². The lowest BCUT2D eigenvalue weighted by molar-refractivity contribution is -0.132. The summed E-state index contributed by atoms with van der Waals surface area (Å²) in [5, 5.41) is 0. The highest BCUT2D eigenvalue weighted by atomic mass is 16.5. The van der Waals surface area contributed by atoms with Gasteiger partial charge >= 0.3 is 0 Å². The molecule has 0 aromatic heterocycles. The second kappa shape index (κ2) is 7.29. The molecule has 0 radical (unpaired) electrons. The van der Waals surface area contributed by atoms with E-state index in [4.69, 9.17) is 10.5 Å². The Balaban J connectivity index is 1.76. The molecule has 1 aromatic carbocycles. The lowest BCUT2D eigenvalue weighted by Gasteiger charge is -2.31. The van der Waals surface area contributed by atoms with Crippen LogP contribution in [0.25, 0.3) is 0 Å². The molecular formula is C16H24N2O2. The van der Waals surface area contributed by atoms with Gasteiger partial charge in [-0.2, -0.15) is 0 Å². The summed E-state index contributed by atoms with van der Waals surface area (Å²) < 4.78 is 5.18. The molecular weight excluding hydrogens is 252 g/mol. The molecule has 0 atom stereocenters. The Morgan fingerprint density at radius 1 is 1.40 bits per heavy atom. The number of carbonyl (C=O) groups excluding carboxylic acids is 1. The van der Waals surface area contributed by atoms with Gasteiger partial charge in [-0.3, -0.25) is 4.79 Å². The smallest absolute Gasteiger partial charge is 0.222 e. The SMILES string of the molecule is COCC1CCN(C(=O)CCc2cccc(N)c2)CC1. The zero-order valence-corrected chi connectivity index (χ0v) is 12.2. The number of nitrogens with two attached hydrogens (primary N) is 1. The summed E-state index contributed by atoms with van der Waals surface area (Å²) in [7, 11) is 1.74. The maximum Gasteiger partial charge on any atom is 0.222 e. The number of piperidine rings is 1. The van der Waals surface area contributed by atoms with E-state index in [0.29, 0.717) is 12.3 Å². The lowest BCUT2D eigenvalue weighted by atomic mass is 9.97. The number of methoxy groups -OCH3 is 1. The van der Waals surface area contributed by atoms with Crippen LogP contribution < -0.4 is 5.73 Å². The minimum Gasteiger partial charge on any atom is -0.399 e. The number of amides is 1. The van der Waals surface area contributed by atoms with Crippen LogP contribution in [0.1, 0.15) is 24.8 Å². The first-order valence-corrected chi connectivity index (χ1v) is 7.30. The highest BCUT2D eigenvalue weighted by Gasteiger charge is 2.22. The van der Waals surface area contributed by atoms with Gasteiger partial charge < -0.3 is 15.4 Å². The van der Waals surface area contributed by atoms with E-state index in [2.05, 4.69) is 0 Å². The number of carbonyl (C=O) groups is 1. The van der Waals surface area contributed by atoms with Crippen molar-refractivity contribution in [2.24, 2.45) is 5.92 Å². The van der Waals surface area contributed by atoms with E-state index in [1.54, 1.807) is 7.11 Å². The van der Waals surface area contributed by atoms with Crippen LogP contribution in [-0.4, -0.2) is 37.6 Å². The zero-order valence-electron chi connectivity index (χ0n) is 12.2. The van der Waals surface area contributed by atoms with Gasteiger partial charge in [0.15, 0.2) is 0 Å². The average Bonchev–Trinajstić information content (AvgIpc) is 2.46. The molecule has 1 aliphatic rings. The van der Waals surface area contributed by atoms with Crippen molar-refractivity contribution >= 4 is 11.6 Å². The van der Waals surface area contributed by atoms with Gasteiger partial charge in [-0.25, -0.2) is 0 Å². The Bertz CT molecular complexity index is 440. The first kappa shape index (κ1) is 14.9. The number of benzene rings is 1. The fraction of sp³-hybridized carbons (Fsp3) is 0.562. The highest BCUT2D eigenvalue weighted by molar-refractivity contribution is 5.76. The van der Waals surface area contributed by atoms with Crippen molar-refractivity contribution in [3.8, 4) is 0 Å². The number of rotatable bonds is 5. The predicted octanol–water partition coefficient (Wildman–Crippen LogP) is 2.09. The molecule has 2 N–H and O–H groups in total. The molecule has 110 valence electrons. The van der Waals surface area contributed by atoms with Gasteiger partial charge in [0.25, 0.3) is 0 Å². The third-order valence-electron chi connectivity index (χ3n) is 3.95. The number of hydrogen-bond acceptors (Lipinski definition) is 3. The Morgan fingerprint density at radius 2 is 2.15 bits per heavy atom. The summed E-state index contributed by atoms with van der Waals surface area (Å²) in [5.41, 5.74) is 7.64. The minimum atomic E-state index is 0.253. The van der Waals surface area contributed by atoms with E-state index in [-0.39, 0.29) is 5.91 Å². The topological polar surface area (TPSA) is 55.6 Å². The molecule has 1 aliphatic heterocycles. The van der Waals surface area contributed by atoms with Gasteiger partial charge in [0.05, 0.1) is 0 Å². The maximum absolute atomic E-state index is 12.2. The normalized spacial score (nSPS) is 16.4. The number of nitrogens with zero attached hydrogens (tertiary/aromatic N) is 1. The van der Waals surface area contributed by atoms with Gasteiger partial charge in [0, 0.05) is 38.9 Å². The number of nitrogen functional groups attached to an aromatic ring is 1. The van der Waals surface area contributed by atoms with Crippen molar-refractivity contribution in [2.45, 2.75) is 25.7 Å². The summed E-state index contributed by atoms with van der Waals surface area (Å²) >= 11 is 0. The van der Waals surface area contributed by atoms with Crippen LogP contribution in [0.5, 0.6) is 0 Å². The molecule has 1 fully saturated rings. The summed E-state index contributed by atoms with van der Waals surface area (Å²) in [6, 6.07) is 7.77. The third kappa shape index (κ3) is 4.23. The molecule has 0 spiro atoms. The average molecular weight is 276 g/mol. The molecule has 2 rings (SSSR count). The maximum atomic E-state index is 12.2. The van der Waals surface area contributed by atoms with E-state index < -0.39 is 0 Å². The number of anilines is 1. The van der Waals surface area contributed by atoms with E-state index in [9.17, 15) is 4.79 Å². The Hall–Kier alpha value is -1.55. The number of likely N-dealkylation sites (tertiary alicyclic amines) is 1. The summed E-state index contributed by atoms with van der Waals surface area (Å²) in [6.45, 7) is 2.54. The minimum absolute atomic E-state index is 0.253. The van der Waals surface area contributed by atoms with E-state index in [0.717, 1.165) is 50.2 Å². The first-order chi connectivity index (χ1) is 9.69. The van der Waals surface area contributed by atoms with E-state index in [1.165, 1.54) is 0 Å². The molecule has 20 heavy (non-hydrogen) atoms. The molecule has 1 aromatic rings. The molecule has 0 saturated carbocycles. The Morgan fingerprint density at radius 3 is 2.80 bits per heavy atom. The predicted molar refractivity (Wildman–Crippen MR) is 80.4 cm³/mol. The van der Waals surface area contributed by atoms with Crippen LogP contribution in [0.4, 0.5) is 5.69 Å². The van der Waals surface area contributed by atoms with Crippen molar-refractivity contribution in [3.05, 3.63) is 29.8 Å². The number of ether oxygens (including phenoxy) is 1. The van der Waals surface area contributed by atoms with Crippen LogP contribution in [-0.2, 0) is 16.0 Å². The Kier molecular flexibility index (Phi) is 5.41. The van der Waals surface area contributed by atoms with Gasteiger partial charge in [-0.1, -0.05) is 12.1 Å². The van der Waals surface area contributed by atoms with Crippen molar-refractivity contribution in [2.75, 3.05) is 32.5 Å². The molecule has 4 heteroatoms. The molecule has 0 aliphatic carbocycles. The summed E-state index contributed by atoms with van der Waals surface area (Å²) in [6.07, 6.45) is 3.44. The fourth-order valence-corrected chi connectivity index (χ4v) is 2.74. The molecule has 0 unspecified atom stereocenters. The van der Waals surface area contributed by atoms with Crippen molar-refractivity contribution in [3.63, 3.8) is 0 Å². The summed E-state index contributed by atoms with van der Waals surface area (Å²) in [5.74, 6) is 0.862. The molecule has 1 amide bonds. The number of hydrogen-bond donors (Lipinski definition) is 1. The van der Waals surface area contributed by atoms with Gasteiger partial charge in [0.1, 0.15) is 0 Å². The third-order valence-corrected chi connectivity index (χ3v) is 3.95. The summed E-state index contributed by atoms with van der Waals surface area (Å²) in [4.78, 5) is 14.2. The van der Waals surface area contributed by atoms with Crippen molar-refractivity contribution in [1.29, 1.82) is 0 Å². The zero-order chi connectivity index (χ0) is 14.4. The second-order valence-electron chi connectivity index (χ2n) is 5.52. The van der Waals surface area contributed by atoms with Gasteiger partial charge in [-0.05, 0) is 42.9 Å². The van der Waals surface area contributed by atoms with Crippen molar-refractivity contribution in [1.82, 2.24) is 4.90 Å².